The maximum atomic E-state index is 7.44. The van der Waals surface area contributed by atoms with E-state index in [2.05, 4.69) is 187 Å². The summed E-state index contributed by atoms with van der Waals surface area (Å²) in [6, 6.07) is 53.9. The Morgan fingerprint density at radius 3 is 1.91 bits per heavy atom. The Morgan fingerprint density at radius 1 is 0.647 bits per heavy atom. The first-order valence-electron chi connectivity index (χ1n) is 24.9. The summed E-state index contributed by atoms with van der Waals surface area (Å²) in [7, 11) is -1.45. The fraction of sp³-hybridized carbons (Fsp3) is 0.230. The van der Waals surface area contributed by atoms with Crippen LogP contribution >= 0.6 is 0 Å². The molecule has 6 aromatic carbocycles. The zero-order valence-electron chi connectivity index (χ0n) is 43.6. The largest absolute Gasteiger partial charge is 0.501 e. The van der Waals surface area contributed by atoms with E-state index in [4.69, 9.17) is 18.5 Å². The maximum absolute atomic E-state index is 7.44. The van der Waals surface area contributed by atoms with E-state index < -0.39 is 14.9 Å². The van der Waals surface area contributed by atoms with Crippen LogP contribution in [-0.2, 0) is 20.1 Å². The van der Waals surface area contributed by atoms with Crippen LogP contribution in [0.3, 0.4) is 0 Å². The van der Waals surface area contributed by atoms with Crippen LogP contribution in [0.25, 0.3) is 83.7 Å². The van der Waals surface area contributed by atoms with Crippen molar-refractivity contribution in [3.05, 3.63) is 186 Å². The second-order valence-electron chi connectivity index (χ2n) is 19.5. The second kappa shape index (κ2) is 19.8. The Labute approximate surface area is 421 Å². The van der Waals surface area contributed by atoms with Crippen molar-refractivity contribution in [3.8, 4) is 50.7 Å². The Bertz CT molecular complexity index is 3470. The van der Waals surface area contributed by atoms with Crippen molar-refractivity contribution < 1.29 is 28.6 Å². The quantitative estimate of drug-likeness (QED) is 0.107. The molecule has 345 valence electrons. The molecule has 0 aliphatic rings. The minimum atomic E-state index is -2.09. The van der Waals surface area contributed by atoms with Gasteiger partial charge in [-0.3, -0.25) is 9.97 Å². The number of benzene rings is 6. The molecule has 0 saturated carbocycles. The molecule has 5 nitrogen and oxygen atoms in total. The summed E-state index contributed by atoms with van der Waals surface area (Å²) in [6.07, 6.45) is 2.00. The van der Waals surface area contributed by atoms with E-state index in [1.807, 2.05) is 30.5 Å². The number of rotatable bonds is 9. The van der Waals surface area contributed by atoms with Crippen molar-refractivity contribution >= 4 is 46.2 Å². The summed E-state index contributed by atoms with van der Waals surface area (Å²) < 4.78 is 31.2. The average Bonchev–Trinajstić information content (AvgIpc) is 3.93. The van der Waals surface area contributed by atoms with Gasteiger partial charge in [0.1, 0.15) is 5.58 Å². The molecule has 10 aromatic rings. The predicted octanol–water partition coefficient (Wildman–Crippen LogP) is 16.2. The number of hydrogen-bond donors (Lipinski definition) is 0. The van der Waals surface area contributed by atoms with Crippen LogP contribution in [0.4, 0.5) is 0 Å². The number of para-hydroxylation sites is 1. The molecule has 0 amide bonds. The van der Waals surface area contributed by atoms with Crippen LogP contribution < -0.4 is 5.19 Å². The molecule has 0 saturated heterocycles. The van der Waals surface area contributed by atoms with Gasteiger partial charge in [-0.15, -0.1) is 53.6 Å². The standard InChI is InChI=1S/C43H36N3O.C18H24NSi.Ir/c1-26(2)35-23-31(29-15-8-6-9-16-29)24-36(27(3)4)41(35)46-40-28(5)44-37(30-17-10-7-11-18-30)25-38(40)45-43(46)34-21-14-20-33-32-19-12-13-22-39(32)47-42(33)34;1-13(2)16-11-17(15-9-7-14(3)8-10-15)19-12-18(16)20(4,5)6;/h6-20,22-27H,1-5H3;7-9,11-13H,1-6H3;/q2*-1;/i;3D3;. The Morgan fingerprint density at radius 2 is 1.29 bits per heavy atom. The fourth-order valence-electron chi connectivity index (χ4n) is 9.20. The molecule has 0 atom stereocenters. The van der Waals surface area contributed by atoms with E-state index in [0.29, 0.717) is 11.5 Å². The number of pyridine rings is 2. The number of furan rings is 1. The van der Waals surface area contributed by atoms with E-state index in [0.717, 1.165) is 78.3 Å². The summed E-state index contributed by atoms with van der Waals surface area (Å²) in [4.78, 5) is 15.2. The van der Waals surface area contributed by atoms with E-state index in [1.54, 1.807) is 18.2 Å². The third kappa shape index (κ3) is 9.45. The molecule has 4 heterocycles. The van der Waals surface area contributed by atoms with Gasteiger partial charge in [-0.25, -0.2) is 0 Å². The van der Waals surface area contributed by atoms with Gasteiger partial charge >= 0.3 is 0 Å². The van der Waals surface area contributed by atoms with E-state index >= 15 is 0 Å². The first-order valence-corrected chi connectivity index (χ1v) is 26.9. The van der Waals surface area contributed by atoms with Crippen molar-refractivity contribution in [1.82, 2.24) is 19.5 Å². The minimum Gasteiger partial charge on any atom is -0.501 e. The monoisotopic (exact) mass is 1090 g/mol. The van der Waals surface area contributed by atoms with Crippen LogP contribution in [0.1, 0.15) is 91.4 Å². The van der Waals surface area contributed by atoms with Crippen molar-refractivity contribution in [2.24, 2.45) is 0 Å². The van der Waals surface area contributed by atoms with Crippen LogP contribution in [0, 0.1) is 25.9 Å². The van der Waals surface area contributed by atoms with Gasteiger partial charge in [-0.05, 0) is 82.1 Å². The first kappa shape index (κ1) is 44.3. The van der Waals surface area contributed by atoms with Crippen molar-refractivity contribution in [2.75, 3.05) is 0 Å². The van der Waals surface area contributed by atoms with Crippen molar-refractivity contribution in [3.63, 3.8) is 0 Å². The molecule has 0 aliphatic carbocycles. The van der Waals surface area contributed by atoms with Gasteiger partial charge in [-0.1, -0.05) is 169 Å². The van der Waals surface area contributed by atoms with Crippen LogP contribution in [0.2, 0.25) is 19.6 Å². The zero-order chi connectivity index (χ0) is 49.6. The molecule has 7 heteroatoms. The molecule has 0 bridgehead atoms. The fourth-order valence-corrected chi connectivity index (χ4v) is 10.9. The van der Waals surface area contributed by atoms with Gasteiger partial charge in [0.15, 0.2) is 0 Å². The Balaban J connectivity index is 0.000000238. The summed E-state index contributed by atoms with van der Waals surface area (Å²) in [6.45, 7) is 20.5. The van der Waals surface area contributed by atoms with E-state index in [-0.39, 0.29) is 31.9 Å². The maximum Gasteiger partial charge on any atom is 0.120 e. The zero-order valence-corrected chi connectivity index (χ0v) is 44.0. The SMILES string of the molecule is Cc1nc(-c2ccccc2)cc2nc(-c3[c-]ccc4c3oc3ccccc34)n(-c3c(C(C)C)cc(-c4ccccc4)cc3C(C)C)c12.[2H]C([2H])([2H])c1c[c-]c(-c2cc(C(C)C)c([Si](C)(C)C)cn2)cc1.[Ir]. The molecule has 1 radical (unpaired) electrons. The molecule has 68 heavy (non-hydrogen) atoms. The molecule has 0 spiro atoms. The third-order valence-electron chi connectivity index (χ3n) is 12.6. The Hall–Kier alpha value is -6.24. The molecule has 0 fully saturated rings. The molecule has 0 N–H and O–H groups in total. The smallest absolute Gasteiger partial charge is 0.120 e. The van der Waals surface area contributed by atoms with Gasteiger partial charge in [0.05, 0.1) is 41.9 Å². The van der Waals surface area contributed by atoms with Crippen molar-refractivity contribution in [2.45, 2.75) is 92.7 Å². The average molecular weight is 1090 g/mol. The Kier molecular flexibility index (Phi) is 12.9. The normalized spacial score (nSPS) is 12.6. The van der Waals surface area contributed by atoms with Crippen LogP contribution in [-0.4, -0.2) is 27.6 Å². The molecule has 0 unspecified atom stereocenters. The van der Waals surface area contributed by atoms with Gasteiger partial charge < -0.3 is 14.0 Å². The number of fused-ring (bicyclic) bond motifs is 4. The number of nitrogens with zero attached hydrogens (tertiary/aromatic N) is 4. The molecular formula is C61H60IrN4OSi-2. The predicted molar refractivity (Wildman–Crippen MR) is 285 cm³/mol. The summed E-state index contributed by atoms with van der Waals surface area (Å²) >= 11 is 0. The minimum absolute atomic E-state index is 0. The number of imidazole rings is 1. The molecule has 0 aliphatic heterocycles. The van der Waals surface area contributed by atoms with Gasteiger partial charge in [0.2, 0.25) is 0 Å². The topological polar surface area (TPSA) is 56.7 Å². The molecule has 10 rings (SSSR count). The number of aryl methyl sites for hydroxylation is 2. The van der Waals surface area contributed by atoms with Crippen LogP contribution in [0.5, 0.6) is 0 Å². The third-order valence-corrected chi connectivity index (χ3v) is 14.7. The summed E-state index contributed by atoms with van der Waals surface area (Å²) in [5, 5.41) is 3.53. The van der Waals surface area contributed by atoms with Crippen LogP contribution in [0.15, 0.2) is 150 Å². The molecule has 4 aromatic heterocycles. The summed E-state index contributed by atoms with van der Waals surface area (Å²) in [5.41, 5.74) is 16.7. The summed E-state index contributed by atoms with van der Waals surface area (Å²) in [5.74, 6) is 1.73. The van der Waals surface area contributed by atoms with Crippen molar-refractivity contribution in [1.29, 1.82) is 0 Å². The van der Waals surface area contributed by atoms with E-state index in [1.165, 1.54) is 33.0 Å². The van der Waals surface area contributed by atoms with Gasteiger partial charge in [0, 0.05) is 47.1 Å². The number of hydrogen-bond acceptors (Lipinski definition) is 4. The second-order valence-corrected chi connectivity index (χ2v) is 24.6. The van der Waals surface area contributed by atoms with E-state index in [9.17, 15) is 0 Å². The van der Waals surface area contributed by atoms with Gasteiger partial charge in [0.25, 0.3) is 0 Å². The molecular weight excluding hydrogens is 1030 g/mol. The van der Waals surface area contributed by atoms with Gasteiger partial charge in [-0.2, -0.15) is 0 Å². The first-order chi connectivity index (χ1) is 33.4. The number of aromatic nitrogens is 4.